The molecule has 2 nitrogen and oxygen atoms in total. The summed E-state index contributed by atoms with van der Waals surface area (Å²) >= 11 is 0. The average Bonchev–Trinajstić information content (AvgIpc) is 2.03. The van der Waals surface area contributed by atoms with Gasteiger partial charge < -0.3 is 10.5 Å². The van der Waals surface area contributed by atoms with Crippen LogP contribution in [-0.4, -0.2) is 6.29 Å². The van der Waals surface area contributed by atoms with Crippen molar-refractivity contribution in [3.63, 3.8) is 0 Å². The predicted molar refractivity (Wildman–Crippen MR) is 44.2 cm³/mol. The van der Waals surface area contributed by atoms with Crippen LogP contribution in [-0.2, 0) is 4.79 Å². The van der Waals surface area contributed by atoms with Gasteiger partial charge in [0, 0.05) is 0 Å². The highest BCUT2D eigenvalue weighted by Crippen LogP contribution is 2.09. The number of nitrogens with two attached hydrogens (primary N) is 1. The summed E-state index contributed by atoms with van der Waals surface area (Å²) in [5.41, 5.74) is 7.49. The molecular weight excluding hydrogens is 138 g/mol. The summed E-state index contributed by atoms with van der Waals surface area (Å²) in [5.74, 6) is 0. The second-order valence-corrected chi connectivity index (χ2v) is 2.58. The van der Waals surface area contributed by atoms with Crippen LogP contribution in [0.1, 0.15) is 17.2 Å². The molecule has 0 saturated carbocycles. The molecule has 0 fully saturated rings. The van der Waals surface area contributed by atoms with E-state index in [0.29, 0.717) is 0 Å². The van der Waals surface area contributed by atoms with Gasteiger partial charge in [0.2, 0.25) is 0 Å². The quantitative estimate of drug-likeness (QED) is 0.642. The van der Waals surface area contributed by atoms with Gasteiger partial charge >= 0.3 is 0 Å². The van der Waals surface area contributed by atoms with Crippen LogP contribution in [0.4, 0.5) is 0 Å². The molecule has 1 atom stereocenters. The molecule has 0 heterocycles. The molecule has 0 spiro atoms. The molecule has 1 aromatic rings. The van der Waals surface area contributed by atoms with Gasteiger partial charge in [0.05, 0.1) is 6.04 Å². The van der Waals surface area contributed by atoms with Crippen LogP contribution in [0.2, 0.25) is 0 Å². The molecule has 0 saturated heterocycles. The summed E-state index contributed by atoms with van der Waals surface area (Å²) in [6.07, 6.45) is 0.745. The summed E-state index contributed by atoms with van der Waals surface area (Å²) in [6, 6.07) is 7.16. The number of hydrogen-bond acceptors (Lipinski definition) is 2. The fourth-order valence-corrected chi connectivity index (χ4v) is 0.956. The molecule has 1 rings (SSSR count). The van der Waals surface area contributed by atoms with E-state index in [0.717, 1.165) is 17.4 Å². The van der Waals surface area contributed by atoms with E-state index in [4.69, 9.17) is 5.73 Å². The lowest BCUT2D eigenvalue weighted by Gasteiger charge is -2.03. The minimum absolute atomic E-state index is 0.477. The Morgan fingerprint density at radius 2 is 2.27 bits per heavy atom. The highest BCUT2D eigenvalue weighted by atomic mass is 16.1. The lowest BCUT2D eigenvalue weighted by atomic mass is 10.1. The standard InChI is InChI=1S/C9H11NO/c1-7-3-2-4-8(5-7)9(10)6-11/h2-6,9H,10H2,1H3. The zero-order valence-corrected chi connectivity index (χ0v) is 6.45. The Labute approximate surface area is 66.0 Å². The zero-order chi connectivity index (χ0) is 8.27. The Kier molecular flexibility index (Phi) is 2.39. The third kappa shape index (κ3) is 1.88. The summed E-state index contributed by atoms with van der Waals surface area (Å²) < 4.78 is 0. The maximum atomic E-state index is 10.3. The number of hydrogen-bond donors (Lipinski definition) is 1. The van der Waals surface area contributed by atoms with Gasteiger partial charge in [-0.1, -0.05) is 29.8 Å². The number of aldehydes is 1. The van der Waals surface area contributed by atoms with Crippen molar-refractivity contribution >= 4 is 6.29 Å². The lowest BCUT2D eigenvalue weighted by Crippen LogP contribution is -2.10. The first-order chi connectivity index (χ1) is 5.24. The molecule has 1 unspecified atom stereocenters. The normalized spacial score (nSPS) is 12.5. The highest BCUT2D eigenvalue weighted by molar-refractivity contribution is 5.61. The molecular formula is C9H11NO. The molecule has 2 N–H and O–H groups in total. The van der Waals surface area contributed by atoms with Gasteiger partial charge in [0.15, 0.2) is 0 Å². The number of aryl methyl sites for hydroxylation is 1. The second-order valence-electron chi connectivity index (χ2n) is 2.58. The summed E-state index contributed by atoms with van der Waals surface area (Å²) in [5, 5.41) is 0. The Balaban J connectivity index is 2.95. The first kappa shape index (κ1) is 7.95. The van der Waals surface area contributed by atoms with Crippen molar-refractivity contribution in [1.29, 1.82) is 0 Å². The van der Waals surface area contributed by atoms with Crippen LogP contribution in [0, 0.1) is 6.92 Å². The maximum Gasteiger partial charge on any atom is 0.141 e. The first-order valence-electron chi connectivity index (χ1n) is 3.51. The smallest absolute Gasteiger partial charge is 0.141 e. The molecule has 0 bridgehead atoms. The van der Waals surface area contributed by atoms with E-state index < -0.39 is 6.04 Å². The van der Waals surface area contributed by atoms with Crippen LogP contribution >= 0.6 is 0 Å². The molecule has 2 heteroatoms. The third-order valence-electron chi connectivity index (χ3n) is 1.57. The number of carbonyl (C=O) groups excluding carboxylic acids is 1. The molecule has 0 aliphatic carbocycles. The first-order valence-corrected chi connectivity index (χ1v) is 3.51. The molecule has 0 aromatic heterocycles. The van der Waals surface area contributed by atoms with Gasteiger partial charge in [-0.05, 0) is 12.5 Å². The Hall–Kier alpha value is -1.15. The minimum atomic E-state index is -0.477. The summed E-state index contributed by atoms with van der Waals surface area (Å²) in [6.45, 7) is 1.97. The van der Waals surface area contributed by atoms with Crippen LogP contribution in [0.3, 0.4) is 0 Å². The van der Waals surface area contributed by atoms with Crippen molar-refractivity contribution in [2.24, 2.45) is 5.73 Å². The van der Waals surface area contributed by atoms with Gasteiger partial charge in [-0.2, -0.15) is 0 Å². The van der Waals surface area contributed by atoms with E-state index in [1.54, 1.807) is 0 Å². The van der Waals surface area contributed by atoms with Crippen molar-refractivity contribution in [3.8, 4) is 0 Å². The van der Waals surface area contributed by atoms with E-state index in [-0.39, 0.29) is 0 Å². The van der Waals surface area contributed by atoms with E-state index >= 15 is 0 Å². The van der Waals surface area contributed by atoms with Gasteiger partial charge in [-0.3, -0.25) is 0 Å². The van der Waals surface area contributed by atoms with E-state index in [2.05, 4.69) is 0 Å². The Morgan fingerprint density at radius 1 is 1.55 bits per heavy atom. The van der Waals surface area contributed by atoms with Gasteiger partial charge in [-0.25, -0.2) is 0 Å². The third-order valence-corrected chi connectivity index (χ3v) is 1.57. The fraction of sp³-hybridized carbons (Fsp3) is 0.222. The summed E-state index contributed by atoms with van der Waals surface area (Å²) in [7, 11) is 0. The molecule has 0 radical (unpaired) electrons. The van der Waals surface area contributed by atoms with Gasteiger partial charge in [0.25, 0.3) is 0 Å². The lowest BCUT2D eigenvalue weighted by molar-refractivity contribution is -0.109. The van der Waals surface area contributed by atoms with Crippen molar-refractivity contribution in [3.05, 3.63) is 35.4 Å². The van der Waals surface area contributed by atoms with E-state index in [9.17, 15) is 4.79 Å². The van der Waals surface area contributed by atoms with Crippen molar-refractivity contribution < 1.29 is 4.79 Å². The molecule has 0 amide bonds. The molecule has 1 aromatic carbocycles. The van der Waals surface area contributed by atoms with Gasteiger partial charge in [0.1, 0.15) is 6.29 Å². The molecule has 58 valence electrons. The average molecular weight is 149 g/mol. The SMILES string of the molecule is Cc1cccc(C(N)C=O)c1. The van der Waals surface area contributed by atoms with E-state index in [1.807, 2.05) is 31.2 Å². The minimum Gasteiger partial charge on any atom is -0.318 e. The van der Waals surface area contributed by atoms with Crippen LogP contribution in [0.5, 0.6) is 0 Å². The summed E-state index contributed by atoms with van der Waals surface area (Å²) in [4.78, 5) is 10.3. The topological polar surface area (TPSA) is 43.1 Å². The number of carbonyl (C=O) groups is 1. The van der Waals surface area contributed by atoms with Crippen LogP contribution in [0.15, 0.2) is 24.3 Å². The maximum absolute atomic E-state index is 10.3. The molecule has 0 aliphatic rings. The van der Waals surface area contributed by atoms with Crippen molar-refractivity contribution in [1.82, 2.24) is 0 Å². The fourth-order valence-electron chi connectivity index (χ4n) is 0.956. The van der Waals surface area contributed by atoms with Crippen molar-refractivity contribution in [2.45, 2.75) is 13.0 Å². The predicted octanol–water partition coefficient (Wildman–Crippen LogP) is 1.19. The second kappa shape index (κ2) is 3.30. The Morgan fingerprint density at radius 3 is 2.82 bits per heavy atom. The number of rotatable bonds is 2. The van der Waals surface area contributed by atoms with Crippen LogP contribution < -0.4 is 5.73 Å². The largest absolute Gasteiger partial charge is 0.318 e. The molecule has 0 aliphatic heterocycles. The van der Waals surface area contributed by atoms with Crippen LogP contribution in [0.25, 0.3) is 0 Å². The van der Waals surface area contributed by atoms with Crippen molar-refractivity contribution in [2.75, 3.05) is 0 Å². The monoisotopic (exact) mass is 149 g/mol. The highest BCUT2D eigenvalue weighted by Gasteiger charge is 2.01. The zero-order valence-electron chi connectivity index (χ0n) is 6.45. The van der Waals surface area contributed by atoms with E-state index in [1.165, 1.54) is 0 Å². The van der Waals surface area contributed by atoms with Gasteiger partial charge in [-0.15, -0.1) is 0 Å². The Bertz CT molecular complexity index is 257. The molecule has 11 heavy (non-hydrogen) atoms. The number of benzene rings is 1.